The normalized spacial score (nSPS) is 17.2. The van der Waals surface area contributed by atoms with Crippen molar-refractivity contribution in [1.82, 2.24) is 4.90 Å². The number of benzene rings is 3. The van der Waals surface area contributed by atoms with Gasteiger partial charge in [0.05, 0.1) is 19.5 Å². The summed E-state index contributed by atoms with van der Waals surface area (Å²) in [4.78, 5) is 2.26. The fourth-order valence-corrected chi connectivity index (χ4v) is 5.57. The van der Waals surface area contributed by atoms with Crippen LogP contribution in [0.4, 0.5) is 8.78 Å². The van der Waals surface area contributed by atoms with Crippen molar-refractivity contribution in [3.05, 3.63) is 95.0 Å². The first-order valence-electron chi connectivity index (χ1n) is 14.3. The number of likely N-dealkylation sites (tertiary alicyclic amines) is 1. The monoisotopic (exact) mass is 545 g/mol. The van der Waals surface area contributed by atoms with E-state index >= 15 is 0 Å². The molecule has 2 aliphatic heterocycles. The topological polar surface area (TPSA) is 34.8 Å². The highest BCUT2D eigenvalue weighted by atomic mass is 19.1. The Balaban J connectivity index is 0.00000158. The molecule has 4 aromatic rings. The maximum atomic E-state index is 14.9. The van der Waals surface area contributed by atoms with Crippen LogP contribution in [0, 0.1) is 12.7 Å². The zero-order valence-electron chi connectivity index (χ0n) is 23.5. The van der Waals surface area contributed by atoms with E-state index in [-0.39, 0.29) is 18.6 Å². The molecular weight excluding hydrogens is 508 g/mol. The summed E-state index contributed by atoms with van der Waals surface area (Å²) in [7, 11) is 0. The van der Waals surface area contributed by atoms with Gasteiger partial charge in [0.15, 0.2) is 0 Å². The minimum atomic E-state index is -0.283. The van der Waals surface area contributed by atoms with Crippen molar-refractivity contribution in [2.75, 3.05) is 32.9 Å². The standard InChI is InChI=1S/C32H31F2NO3.C2H6/c1-21-17-31-28(19-29(21)34)32(27(11-16-37-31)23-5-8-30-24(18-23)10-15-36-30)22-3-6-25(7-4-22)38-26-9-14-35(20-26)13-2-12-33;1-2/h3-8,10,15,17-19,26H,2,9,11-14,16,20H2,1H3;1-2H3/t26-;/m0./s1. The number of hydrogen-bond donors (Lipinski definition) is 0. The van der Waals surface area contributed by atoms with Gasteiger partial charge < -0.3 is 13.9 Å². The van der Waals surface area contributed by atoms with E-state index in [1.807, 2.05) is 50.2 Å². The van der Waals surface area contributed by atoms with Crippen LogP contribution in [-0.2, 0) is 0 Å². The van der Waals surface area contributed by atoms with Gasteiger partial charge in [0.2, 0.25) is 0 Å². The van der Waals surface area contributed by atoms with Gasteiger partial charge in [0, 0.05) is 37.0 Å². The molecule has 6 heteroatoms. The van der Waals surface area contributed by atoms with Gasteiger partial charge in [-0.25, -0.2) is 4.39 Å². The molecule has 0 saturated carbocycles. The number of rotatable bonds is 7. The fraction of sp³-hybridized carbons (Fsp3) is 0.353. The third-order valence-corrected chi connectivity index (χ3v) is 7.53. The summed E-state index contributed by atoms with van der Waals surface area (Å²) in [5.41, 5.74) is 6.25. The molecule has 0 aliphatic carbocycles. The van der Waals surface area contributed by atoms with Crippen molar-refractivity contribution in [1.29, 1.82) is 0 Å². The molecule has 3 heterocycles. The Morgan fingerprint density at radius 2 is 1.80 bits per heavy atom. The highest BCUT2D eigenvalue weighted by Crippen LogP contribution is 2.42. The molecule has 210 valence electrons. The molecule has 6 rings (SSSR count). The van der Waals surface area contributed by atoms with E-state index in [0.717, 1.165) is 70.6 Å². The molecule has 0 unspecified atom stereocenters. The molecule has 1 atom stereocenters. The third kappa shape index (κ3) is 5.92. The number of ether oxygens (including phenoxy) is 2. The van der Waals surface area contributed by atoms with Crippen LogP contribution in [0.3, 0.4) is 0 Å². The Morgan fingerprint density at radius 3 is 2.60 bits per heavy atom. The zero-order chi connectivity index (χ0) is 28.1. The Morgan fingerprint density at radius 1 is 1.00 bits per heavy atom. The molecule has 0 radical (unpaired) electrons. The van der Waals surface area contributed by atoms with E-state index < -0.39 is 0 Å². The largest absolute Gasteiger partial charge is 0.493 e. The Hall–Kier alpha value is -3.64. The van der Waals surface area contributed by atoms with Crippen LogP contribution in [0.1, 0.15) is 55.4 Å². The highest BCUT2D eigenvalue weighted by molar-refractivity contribution is 6.01. The van der Waals surface area contributed by atoms with E-state index in [4.69, 9.17) is 13.9 Å². The van der Waals surface area contributed by atoms with Gasteiger partial charge in [-0.3, -0.25) is 9.29 Å². The van der Waals surface area contributed by atoms with Crippen molar-refractivity contribution >= 4 is 22.1 Å². The van der Waals surface area contributed by atoms with Gasteiger partial charge in [-0.1, -0.05) is 32.0 Å². The Labute approximate surface area is 235 Å². The van der Waals surface area contributed by atoms with Crippen molar-refractivity contribution in [3.8, 4) is 11.5 Å². The second-order valence-corrected chi connectivity index (χ2v) is 10.1. The van der Waals surface area contributed by atoms with E-state index in [1.165, 1.54) is 0 Å². The SMILES string of the molecule is CC.Cc1cc2c(cc1F)C(c1ccc(O[C@H]3CCN(CCCF)C3)cc1)=C(c1ccc3occc3c1)CCO2. The lowest BCUT2D eigenvalue weighted by atomic mass is 9.87. The number of furan rings is 1. The lowest BCUT2D eigenvalue weighted by molar-refractivity contribution is 0.198. The fourth-order valence-electron chi connectivity index (χ4n) is 5.57. The van der Waals surface area contributed by atoms with Crippen LogP contribution >= 0.6 is 0 Å². The second kappa shape index (κ2) is 12.7. The minimum Gasteiger partial charge on any atom is -0.493 e. The summed E-state index contributed by atoms with van der Waals surface area (Å²) in [5.74, 6) is 1.24. The summed E-state index contributed by atoms with van der Waals surface area (Å²) in [6.07, 6.45) is 3.97. The molecule has 0 bridgehead atoms. The predicted molar refractivity (Wildman–Crippen MR) is 157 cm³/mol. The molecule has 1 fully saturated rings. The van der Waals surface area contributed by atoms with E-state index in [1.54, 1.807) is 25.3 Å². The maximum Gasteiger partial charge on any atom is 0.133 e. The lowest BCUT2D eigenvalue weighted by Crippen LogP contribution is -2.26. The highest BCUT2D eigenvalue weighted by Gasteiger charge is 2.25. The lowest BCUT2D eigenvalue weighted by Gasteiger charge is -2.18. The van der Waals surface area contributed by atoms with Gasteiger partial charge in [-0.15, -0.1) is 0 Å². The first-order valence-corrected chi connectivity index (χ1v) is 14.3. The number of nitrogens with zero attached hydrogens (tertiary/aromatic N) is 1. The molecular formula is C34H37F2NO3. The average molecular weight is 546 g/mol. The van der Waals surface area contributed by atoms with Gasteiger partial charge in [0.25, 0.3) is 0 Å². The molecule has 1 aromatic heterocycles. The molecule has 0 amide bonds. The first-order chi connectivity index (χ1) is 19.6. The van der Waals surface area contributed by atoms with Crippen LogP contribution in [0.5, 0.6) is 11.5 Å². The minimum absolute atomic E-state index is 0.0982. The Kier molecular flexibility index (Phi) is 8.85. The van der Waals surface area contributed by atoms with Crippen LogP contribution in [0.15, 0.2) is 71.3 Å². The van der Waals surface area contributed by atoms with Crippen molar-refractivity contribution in [2.45, 2.75) is 46.1 Å². The smallest absolute Gasteiger partial charge is 0.133 e. The number of alkyl halides is 1. The zero-order valence-corrected chi connectivity index (χ0v) is 23.5. The summed E-state index contributed by atoms with van der Waals surface area (Å²) >= 11 is 0. The number of aryl methyl sites for hydroxylation is 1. The first kappa shape index (κ1) is 27.9. The van der Waals surface area contributed by atoms with E-state index in [0.29, 0.717) is 30.8 Å². The molecule has 0 spiro atoms. The second-order valence-electron chi connectivity index (χ2n) is 10.1. The molecule has 4 nitrogen and oxygen atoms in total. The van der Waals surface area contributed by atoms with Gasteiger partial charge in [-0.05, 0) is 90.1 Å². The van der Waals surface area contributed by atoms with Crippen LogP contribution in [-0.4, -0.2) is 43.9 Å². The number of halogens is 2. The number of fused-ring (bicyclic) bond motifs is 2. The van der Waals surface area contributed by atoms with Crippen molar-refractivity contribution in [3.63, 3.8) is 0 Å². The van der Waals surface area contributed by atoms with Crippen LogP contribution in [0.25, 0.3) is 22.1 Å². The summed E-state index contributed by atoms with van der Waals surface area (Å²) in [6, 6.07) is 19.6. The molecule has 0 N–H and O–H groups in total. The molecule has 40 heavy (non-hydrogen) atoms. The average Bonchev–Trinajstić information content (AvgIpc) is 3.60. The molecule has 3 aromatic carbocycles. The van der Waals surface area contributed by atoms with E-state index in [2.05, 4.69) is 17.0 Å². The maximum absolute atomic E-state index is 14.9. The van der Waals surface area contributed by atoms with Gasteiger partial charge >= 0.3 is 0 Å². The van der Waals surface area contributed by atoms with Crippen LogP contribution in [0.2, 0.25) is 0 Å². The summed E-state index contributed by atoms with van der Waals surface area (Å²) in [6.45, 7) is 8.50. The number of hydrogen-bond acceptors (Lipinski definition) is 4. The predicted octanol–water partition coefficient (Wildman–Crippen LogP) is 8.46. The van der Waals surface area contributed by atoms with Gasteiger partial charge in [-0.2, -0.15) is 0 Å². The van der Waals surface area contributed by atoms with Gasteiger partial charge in [0.1, 0.15) is 29.0 Å². The summed E-state index contributed by atoms with van der Waals surface area (Å²) in [5, 5.41) is 1.02. The quantitative estimate of drug-likeness (QED) is 0.233. The summed E-state index contributed by atoms with van der Waals surface area (Å²) < 4.78 is 45.4. The van der Waals surface area contributed by atoms with Crippen molar-refractivity contribution in [2.24, 2.45) is 0 Å². The Bertz CT molecular complexity index is 1470. The molecule has 2 aliphatic rings. The van der Waals surface area contributed by atoms with Crippen molar-refractivity contribution < 1.29 is 22.7 Å². The van der Waals surface area contributed by atoms with E-state index in [9.17, 15) is 8.78 Å². The third-order valence-electron chi connectivity index (χ3n) is 7.53. The molecule has 1 saturated heterocycles. The van der Waals surface area contributed by atoms with Crippen LogP contribution < -0.4 is 9.47 Å².